The van der Waals surface area contributed by atoms with Crippen molar-refractivity contribution in [3.63, 3.8) is 0 Å². The van der Waals surface area contributed by atoms with E-state index in [1.54, 1.807) is 13.0 Å². The van der Waals surface area contributed by atoms with Crippen LogP contribution >= 0.6 is 0 Å². The Hall–Kier alpha value is -2.89. The van der Waals surface area contributed by atoms with Crippen LogP contribution in [0, 0.1) is 17.0 Å². The molecule has 6 nitrogen and oxygen atoms in total. The van der Waals surface area contributed by atoms with Crippen LogP contribution in [0.15, 0.2) is 42.5 Å². The number of nitro benzene ring substituents is 1. The van der Waals surface area contributed by atoms with Crippen LogP contribution in [-0.2, 0) is 10.2 Å². The largest absolute Gasteiger partial charge is 0.481 e. The minimum Gasteiger partial charge on any atom is -0.481 e. The van der Waals surface area contributed by atoms with Crippen molar-refractivity contribution in [2.75, 3.05) is 5.32 Å². The summed E-state index contributed by atoms with van der Waals surface area (Å²) in [6.45, 7) is 10.0. The van der Waals surface area contributed by atoms with E-state index in [9.17, 15) is 14.9 Å². The first-order chi connectivity index (χ1) is 12.6. The fourth-order valence-electron chi connectivity index (χ4n) is 2.59. The van der Waals surface area contributed by atoms with Gasteiger partial charge in [0.05, 0.1) is 10.6 Å². The lowest BCUT2D eigenvalue weighted by atomic mass is 9.87. The Morgan fingerprint density at radius 2 is 1.81 bits per heavy atom. The van der Waals surface area contributed by atoms with Gasteiger partial charge >= 0.3 is 0 Å². The molecule has 144 valence electrons. The summed E-state index contributed by atoms with van der Waals surface area (Å²) in [4.78, 5) is 23.1. The molecular weight excluding hydrogens is 344 g/mol. The highest BCUT2D eigenvalue weighted by Crippen LogP contribution is 2.26. The minimum absolute atomic E-state index is 0.0413. The van der Waals surface area contributed by atoms with Gasteiger partial charge in [-0.25, -0.2) is 0 Å². The number of benzene rings is 2. The number of anilines is 1. The number of carbonyl (C=O) groups is 1. The van der Waals surface area contributed by atoms with Crippen LogP contribution in [0.2, 0.25) is 0 Å². The van der Waals surface area contributed by atoms with E-state index in [0.717, 1.165) is 5.56 Å². The summed E-state index contributed by atoms with van der Waals surface area (Å²) in [6.07, 6.45) is -0.218. The molecule has 0 bridgehead atoms. The lowest BCUT2D eigenvalue weighted by Crippen LogP contribution is -2.32. The first-order valence-electron chi connectivity index (χ1n) is 8.95. The van der Waals surface area contributed by atoms with Crippen LogP contribution in [-0.4, -0.2) is 16.9 Å². The van der Waals surface area contributed by atoms with E-state index in [2.05, 4.69) is 26.1 Å². The van der Waals surface area contributed by atoms with Crippen molar-refractivity contribution in [2.24, 2.45) is 0 Å². The molecule has 0 heterocycles. The number of rotatable bonds is 6. The minimum atomic E-state index is -0.691. The van der Waals surface area contributed by atoms with Gasteiger partial charge in [-0.15, -0.1) is 0 Å². The Labute approximate surface area is 159 Å². The molecule has 0 saturated heterocycles. The van der Waals surface area contributed by atoms with Gasteiger partial charge in [0.1, 0.15) is 5.75 Å². The number of amides is 1. The third-order valence-electron chi connectivity index (χ3n) is 4.35. The molecule has 2 aromatic carbocycles. The van der Waals surface area contributed by atoms with E-state index in [1.165, 1.54) is 17.7 Å². The van der Waals surface area contributed by atoms with Gasteiger partial charge in [0.15, 0.2) is 6.10 Å². The quantitative estimate of drug-likeness (QED) is 0.573. The van der Waals surface area contributed by atoms with Crippen molar-refractivity contribution in [1.82, 2.24) is 0 Å². The summed E-state index contributed by atoms with van der Waals surface area (Å²) in [5.74, 6) is 0.279. The number of hydrogen-bond donors (Lipinski definition) is 1. The predicted octanol–water partition coefficient (Wildman–Crippen LogP) is 5.00. The molecule has 2 aromatic rings. The number of ether oxygens (including phenoxy) is 1. The van der Waals surface area contributed by atoms with Crippen LogP contribution in [0.5, 0.6) is 5.75 Å². The molecule has 0 aromatic heterocycles. The first kappa shape index (κ1) is 20.4. The zero-order chi connectivity index (χ0) is 20.2. The summed E-state index contributed by atoms with van der Waals surface area (Å²) in [6, 6.07) is 12.1. The van der Waals surface area contributed by atoms with E-state index in [1.807, 2.05) is 31.2 Å². The van der Waals surface area contributed by atoms with Crippen molar-refractivity contribution in [3.8, 4) is 5.75 Å². The molecule has 0 fully saturated rings. The smallest absolute Gasteiger partial charge is 0.271 e. The summed E-state index contributed by atoms with van der Waals surface area (Å²) in [5, 5.41) is 13.7. The molecule has 2 rings (SSSR count). The summed E-state index contributed by atoms with van der Waals surface area (Å²) < 4.78 is 5.84. The molecule has 1 atom stereocenters. The maximum Gasteiger partial charge on any atom is 0.271 e. The van der Waals surface area contributed by atoms with Crippen molar-refractivity contribution in [2.45, 2.75) is 52.6 Å². The van der Waals surface area contributed by atoms with E-state index in [-0.39, 0.29) is 17.0 Å². The van der Waals surface area contributed by atoms with Gasteiger partial charge in [0.2, 0.25) is 0 Å². The number of non-ortho nitro benzene ring substituents is 1. The lowest BCUT2D eigenvalue weighted by Gasteiger charge is -2.21. The Morgan fingerprint density at radius 1 is 1.19 bits per heavy atom. The van der Waals surface area contributed by atoms with Gasteiger partial charge < -0.3 is 10.1 Å². The fraction of sp³-hybridized carbons (Fsp3) is 0.381. The summed E-state index contributed by atoms with van der Waals surface area (Å²) in [5.41, 5.74) is 2.32. The Bertz CT molecular complexity index is 823. The second-order valence-electron chi connectivity index (χ2n) is 7.53. The van der Waals surface area contributed by atoms with Gasteiger partial charge in [0, 0.05) is 12.1 Å². The number of carbonyl (C=O) groups excluding carboxylic acids is 1. The van der Waals surface area contributed by atoms with Gasteiger partial charge in [-0.1, -0.05) is 45.9 Å². The van der Waals surface area contributed by atoms with E-state index >= 15 is 0 Å². The fourth-order valence-corrected chi connectivity index (χ4v) is 2.59. The number of nitrogens with one attached hydrogen (secondary N) is 1. The molecule has 0 radical (unpaired) electrons. The summed E-state index contributed by atoms with van der Waals surface area (Å²) >= 11 is 0. The maximum absolute atomic E-state index is 12.6. The molecule has 0 aliphatic carbocycles. The number of aryl methyl sites for hydroxylation is 1. The van der Waals surface area contributed by atoms with Crippen molar-refractivity contribution >= 4 is 17.3 Å². The Balaban J connectivity index is 2.12. The maximum atomic E-state index is 12.6. The molecule has 0 aliphatic rings. The molecule has 1 unspecified atom stereocenters. The van der Waals surface area contributed by atoms with Gasteiger partial charge in [0.25, 0.3) is 11.6 Å². The van der Waals surface area contributed by atoms with Crippen LogP contribution in [0.25, 0.3) is 0 Å². The third-order valence-corrected chi connectivity index (χ3v) is 4.35. The van der Waals surface area contributed by atoms with E-state index in [4.69, 9.17) is 4.74 Å². The molecule has 1 N–H and O–H groups in total. The molecule has 0 saturated carbocycles. The van der Waals surface area contributed by atoms with Crippen molar-refractivity contribution < 1.29 is 14.5 Å². The van der Waals surface area contributed by atoms with Crippen molar-refractivity contribution in [1.29, 1.82) is 0 Å². The molecule has 0 aliphatic heterocycles. The number of hydrogen-bond acceptors (Lipinski definition) is 4. The first-order valence-corrected chi connectivity index (χ1v) is 8.95. The van der Waals surface area contributed by atoms with E-state index < -0.39 is 11.0 Å². The van der Waals surface area contributed by atoms with Crippen molar-refractivity contribution in [3.05, 3.63) is 63.7 Å². The van der Waals surface area contributed by atoms with Gasteiger partial charge in [-0.05, 0) is 42.0 Å². The van der Waals surface area contributed by atoms with Gasteiger partial charge in [-0.3, -0.25) is 14.9 Å². The van der Waals surface area contributed by atoms with Crippen LogP contribution in [0.3, 0.4) is 0 Å². The van der Waals surface area contributed by atoms with Crippen LogP contribution in [0.1, 0.15) is 45.2 Å². The number of nitrogens with zero attached hydrogens (tertiary/aromatic N) is 1. The average Bonchev–Trinajstić information content (AvgIpc) is 2.60. The van der Waals surface area contributed by atoms with Crippen LogP contribution < -0.4 is 10.1 Å². The lowest BCUT2D eigenvalue weighted by molar-refractivity contribution is -0.384. The van der Waals surface area contributed by atoms with Crippen LogP contribution in [0.4, 0.5) is 11.4 Å². The second-order valence-corrected chi connectivity index (χ2v) is 7.53. The molecule has 27 heavy (non-hydrogen) atoms. The average molecular weight is 370 g/mol. The normalized spacial score (nSPS) is 12.3. The monoisotopic (exact) mass is 370 g/mol. The SMILES string of the molecule is CCC(Oc1ccc(C(C)(C)C)cc1)C(=O)Nc1cc([N+](=O)[O-])ccc1C. The third kappa shape index (κ3) is 5.29. The highest BCUT2D eigenvalue weighted by Gasteiger charge is 2.21. The highest BCUT2D eigenvalue weighted by atomic mass is 16.6. The summed E-state index contributed by atoms with van der Waals surface area (Å²) in [7, 11) is 0. The Kier molecular flexibility index (Phi) is 6.20. The molecular formula is C21H26N2O4. The highest BCUT2D eigenvalue weighted by molar-refractivity contribution is 5.95. The number of nitro groups is 1. The zero-order valence-corrected chi connectivity index (χ0v) is 16.4. The molecule has 6 heteroatoms. The standard InChI is InChI=1S/C21H26N2O4/c1-6-19(27-17-11-8-15(9-12-17)21(3,4)5)20(24)22-18-13-16(23(25)26)10-7-14(18)2/h7-13,19H,6H2,1-5H3,(H,22,24). The molecule has 1 amide bonds. The Morgan fingerprint density at radius 3 is 2.33 bits per heavy atom. The van der Waals surface area contributed by atoms with E-state index in [0.29, 0.717) is 17.9 Å². The zero-order valence-electron chi connectivity index (χ0n) is 16.4. The predicted molar refractivity (Wildman–Crippen MR) is 106 cm³/mol. The topological polar surface area (TPSA) is 81.5 Å². The van der Waals surface area contributed by atoms with Gasteiger partial charge in [-0.2, -0.15) is 0 Å². The molecule has 0 spiro atoms. The second kappa shape index (κ2) is 8.20.